The molecule has 8 heteroatoms. The quantitative estimate of drug-likeness (QED) is 0.733. The first kappa shape index (κ1) is 18.4. The van der Waals surface area contributed by atoms with Crippen LogP contribution in [0.5, 0.6) is 0 Å². The Hall–Kier alpha value is -2.35. The Balaban J connectivity index is 1.96. The van der Waals surface area contributed by atoms with E-state index in [1.807, 2.05) is 48.0 Å². The van der Waals surface area contributed by atoms with E-state index in [4.69, 9.17) is 4.74 Å². The van der Waals surface area contributed by atoms with Crippen molar-refractivity contribution in [3.63, 3.8) is 0 Å². The van der Waals surface area contributed by atoms with Crippen molar-refractivity contribution in [2.45, 2.75) is 31.2 Å². The van der Waals surface area contributed by atoms with Gasteiger partial charge in [-0.05, 0) is 18.9 Å². The van der Waals surface area contributed by atoms with Crippen molar-refractivity contribution in [2.75, 3.05) is 24.8 Å². The van der Waals surface area contributed by atoms with Gasteiger partial charge in [-0.25, -0.2) is 17.9 Å². The number of hydrogen-bond donors (Lipinski definition) is 0. The van der Waals surface area contributed by atoms with Crippen LogP contribution >= 0.6 is 0 Å². The lowest BCUT2D eigenvalue weighted by molar-refractivity contribution is -0.141. The number of esters is 1. The summed E-state index contributed by atoms with van der Waals surface area (Å²) in [5.74, 6) is 0.300. The minimum Gasteiger partial charge on any atom is -0.467 e. The zero-order chi connectivity index (χ0) is 18.9. The van der Waals surface area contributed by atoms with E-state index in [0.717, 1.165) is 17.1 Å². The number of aromatic nitrogens is 2. The summed E-state index contributed by atoms with van der Waals surface area (Å²) in [4.78, 5) is 14.1. The molecule has 7 nitrogen and oxygen atoms in total. The van der Waals surface area contributed by atoms with Crippen molar-refractivity contribution in [1.29, 1.82) is 0 Å². The van der Waals surface area contributed by atoms with Crippen molar-refractivity contribution in [3.05, 3.63) is 47.7 Å². The molecule has 3 rings (SSSR count). The number of hydrogen-bond acceptors (Lipinski definition) is 6. The number of nitrogens with zero attached hydrogens (tertiary/aromatic N) is 3. The molecule has 2 aromatic rings. The molecule has 1 saturated heterocycles. The average molecular weight is 377 g/mol. The van der Waals surface area contributed by atoms with Crippen LogP contribution in [0.3, 0.4) is 0 Å². The molecule has 0 N–H and O–H groups in total. The number of ether oxygens (including phenoxy) is 1. The maximum Gasteiger partial charge on any atom is 0.328 e. The van der Waals surface area contributed by atoms with Crippen molar-refractivity contribution in [3.8, 4) is 0 Å². The summed E-state index contributed by atoms with van der Waals surface area (Å²) < 4.78 is 30.8. The third kappa shape index (κ3) is 3.75. The van der Waals surface area contributed by atoms with Crippen molar-refractivity contribution < 1.29 is 17.9 Å². The lowest BCUT2D eigenvalue weighted by Crippen LogP contribution is -2.38. The Morgan fingerprint density at radius 1 is 1.31 bits per heavy atom. The zero-order valence-corrected chi connectivity index (χ0v) is 15.9. The van der Waals surface area contributed by atoms with E-state index in [2.05, 4.69) is 5.10 Å². The monoisotopic (exact) mass is 377 g/mol. The second kappa shape index (κ2) is 7.11. The molecule has 0 bridgehead atoms. The standard InChI is InChI=1S/C18H23N3O4S/c1-13-9-17(21(19-13)11-14-7-5-4-6-8-14)20-12-15(26(3,23)24)10-16(20)18(22)25-2/h4-9,15-16H,10-12H2,1-3H3/t15-,16?/m1/s1. The maximum atomic E-state index is 12.3. The van der Waals surface area contributed by atoms with Crippen LogP contribution in [0, 0.1) is 6.92 Å². The Labute approximate surface area is 153 Å². The second-order valence-corrected chi connectivity index (χ2v) is 8.99. The first-order valence-corrected chi connectivity index (χ1v) is 10.4. The van der Waals surface area contributed by atoms with Crippen LogP contribution in [-0.2, 0) is 25.9 Å². The van der Waals surface area contributed by atoms with Gasteiger partial charge in [0.15, 0.2) is 9.84 Å². The molecule has 26 heavy (non-hydrogen) atoms. The predicted molar refractivity (Wildman–Crippen MR) is 98.9 cm³/mol. The molecule has 0 amide bonds. The Morgan fingerprint density at radius 3 is 2.62 bits per heavy atom. The van der Waals surface area contributed by atoms with Crippen LogP contribution < -0.4 is 4.90 Å². The number of aryl methyl sites for hydroxylation is 1. The van der Waals surface area contributed by atoms with E-state index in [1.165, 1.54) is 13.4 Å². The number of rotatable bonds is 5. The third-order valence-corrected chi connectivity index (χ3v) is 6.24. The van der Waals surface area contributed by atoms with Crippen molar-refractivity contribution >= 4 is 21.6 Å². The highest BCUT2D eigenvalue weighted by Gasteiger charge is 2.43. The third-order valence-electron chi connectivity index (χ3n) is 4.69. The van der Waals surface area contributed by atoms with Gasteiger partial charge < -0.3 is 9.64 Å². The number of sulfone groups is 1. The van der Waals surface area contributed by atoms with E-state index in [9.17, 15) is 13.2 Å². The number of carbonyl (C=O) groups excluding carboxylic acids is 1. The Morgan fingerprint density at radius 2 is 2.00 bits per heavy atom. The summed E-state index contributed by atoms with van der Waals surface area (Å²) in [5, 5.41) is 3.93. The van der Waals surface area contributed by atoms with Crippen LogP contribution in [-0.4, -0.2) is 55.4 Å². The number of benzene rings is 1. The van der Waals surface area contributed by atoms with Gasteiger partial charge in [-0.2, -0.15) is 5.10 Å². The Bertz CT molecular complexity index is 892. The van der Waals surface area contributed by atoms with Gasteiger partial charge in [0.2, 0.25) is 0 Å². The fourth-order valence-corrected chi connectivity index (χ4v) is 4.32. The molecule has 2 heterocycles. The van der Waals surface area contributed by atoms with Crippen LogP contribution in [0.1, 0.15) is 17.7 Å². The van der Waals surface area contributed by atoms with E-state index in [0.29, 0.717) is 6.54 Å². The number of methoxy groups -OCH3 is 1. The fourth-order valence-electron chi connectivity index (χ4n) is 3.36. The van der Waals surface area contributed by atoms with Crippen LogP contribution in [0.2, 0.25) is 0 Å². The molecule has 1 fully saturated rings. The second-order valence-electron chi connectivity index (χ2n) is 6.67. The highest BCUT2D eigenvalue weighted by atomic mass is 32.2. The van der Waals surface area contributed by atoms with Crippen molar-refractivity contribution in [1.82, 2.24) is 9.78 Å². The van der Waals surface area contributed by atoms with Crippen molar-refractivity contribution in [2.24, 2.45) is 0 Å². The molecular weight excluding hydrogens is 354 g/mol. The summed E-state index contributed by atoms with van der Waals surface area (Å²) >= 11 is 0. The molecule has 0 spiro atoms. The predicted octanol–water partition coefficient (Wildman–Crippen LogP) is 1.40. The molecule has 1 aliphatic rings. The molecule has 1 aromatic carbocycles. The molecule has 0 radical (unpaired) electrons. The largest absolute Gasteiger partial charge is 0.467 e. The van der Waals surface area contributed by atoms with Crippen LogP contribution in [0.25, 0.3) is 0 Å². The first-order chi connectivity index (χ1) is 12.3. The van der Waals surface area contributed by atoms with E-state index in [1.54, 1.807) is 4.90 Å². The summed E-state index contributed by atoms with van der Waals surface area (Å²) in [6, 6.07) is 11.1. The molecule has 0 aliphatic carbocycles. The van der Waals surface area contributed by atoms with Gasteiger partial charge >= 0.3 is 5.97 Å². The molecule has 1 aromatic heterocycles. The molecule has 0 saturated carbocycles. The minimum absolute atomic E-state index is 0.223. The SMILES string of the molecule is COC(=O)C1C[C@@H](S(C)(=O)=O)CN1c1cc(C)nn1Cc1ccccc1. The lowest BCUT2D eigenvalue weighted by Gasteiger charge is -2.25. The number of carbonyl (C=O) groups is 1. The Kier molecular flexibility index (Phi) is 5.04. The average Bonchev–Trinajstić information content (AvgIpc) is 3.18. The fraction of sp³-hybridized carbons (Fsp3) is 0.444. The van der Waals surface area contributed by atoms with E-state index in [-0.39, 0.29) is 13.0 Å². The minimum atomic E-state index is -3.26. The molecule has 1 aliphatic heterocycles. The van der Waals surface area contributed by atoms with Gasteiger partial charge in [-0.15, -0.1) is 0 Å². The normalized spacial score (nSPS) is 20.3. The van der Waals surface area contributed by atoms with Gasteiger partial charge in [-0.3, -0.25) is 0 Å². The van der Waals surface area contributed by atoms with Gasteiger partial charge in [0, 0.05) is 18.9 Å². The topological polar surface area (TPSA) is 81.5 Å². The lowest BCUT2D eigenvalue weighted by atomic mass is 10.2. The summed E-state index contributed by atoms with van der Waals surface area (Å²) in [6.07, 6.45) is 1.43. The molecule has 2 atom stereocenters. The number of anilines is 1. The van der Waals surface area contributed by atoms with Gasteiger partial charge in [0.05, 0.1) is 24.6 Å². The first-order valence-electron chi connectivity index (χ1n) is 8.41. The van der Waals surface area contributed by atoms with Gasteiger partial charge in [-0.1, -0.05) is 30.3 Å². The van der Waals surface area contributed by atoms with E-state index >= 15 is 0 Å². The maximum absolute atomic E-state index is 12.3. The smallest absolute Gasteiger partial charge is 0.328 e. The molecule has 1 unspecified atom stereocenters. The van der Waals surface area contributed by atoms with Crippen LogP contribution in [0.15, 0.2) is 36.4 Å². The molecular formula is C18H23N3O4S. The molecule has 140 valence electrons. The summed E-state index contributed by atoms with van der Waals surface area (Å²) in [5.41, 5.74) is 1.88. The van der Waals surface area contributed by atoms with Crippen LogP contribution in [0.4, 0.5) is 5.82 Å². The van der Waals surface area contributed by atoms with E-state index < -0.39 is 27.1 Å². The zero-order valence-electron chi connectivity index (χ0n) is 15.1. The summed E-state index contributed by atoms with van der Waals surface area (Å²) in [6.45, 7) is 2.67. The van der Waals surface area contributed by atoms with Gasteiger partial charge in [0.25, 0.3) is 0 Å². The highest BCUT2D eigenvalue weighted by molar-refractivity contribution is 7.91. The van der Waals surface area contributed by atoms with Gasteiger partial charge in [0.1, 0.15) is 11.9 Å². The summed E-state index contributed by atoms with van der Waals surface area (Å²) in [7, 11) is -1.94. The highest BCUT2D eigenvalue weighted by Crippen LogP contribution is 2.30.